The molecule has 0 aliphatic heterocycles. The summed E-state index contributed by atoms with van der Waals surface area (Å²) in [5, 5.41) is 0. The van der Waals surface area contributed by atoms with E-state index in [4.69, 9.17) is 9.47 Å². The van der Waals surface area contributed by atoms with Gasteiger partial charge in [0, 0.05) is 23.1 Å². The molecule has 0 aromatic carbocycles. The largest absolute Gasteiger partial charge is 0.492 e. The maximum absolute atomic E-state index is 12.6. The van der Waals surface area contributed by atoms with Gasteiger partial charge in [0.1, 0.15) is 6.10 Å². The van der Waals surface area contributed by atoms with Gasteiger partial charge in [-0.15, -0.1) is 0 Å². The zero-order valence-electron chi connectivity index (χ0n) is 16.3. The smallest absolute Gasteiger partial charge is 0.333 e. The van der Waals surface area contributed by atoms with Gasteiger partial charge in [-0.2, -0.15) is 0 Å². The van der Waals surface area contributed by atoms with Crippen molar-refractivity contribution in [1.82, 2.24) is 0 Å². The second-order valence-electron chi connectivity index (χ2n) is 6.32. The molecular weight excluding hydrogens is 332 g/mol. The van der Waals surface area contributed by atoms with E-state index >= 15 is 0 Å². The SMILES string of the molecule is C=C(C1=CC(=O)C(C)=C(OC)C1=O)[C@H](CC=C(C)C)OC(=O)/C(C)=C/C. The molecule has 0 saturated heterocycles. The Balaban J connectivity index is 3.21. The zero-order chi connectivity index (χ0) is 20.0. The van der Waals surface area contributed by atoms with E-state index in [-0.39, 0.29) is 28.3 Å². The lowest BCUT2D eigenvalue weighted by Crippen LogP contribution is -2.27. The van der Waals surface area contributed by atoms with Crippen molar-refractivity contribution in [1.29, 1.82) is 0 Å². The molecule has 140 valence electrons. The van der Waals surface area contributed by atoms with Crippen LogP contribution in [-0.4, -0.2) is 30.7 Å². The Morgan fingerprint density at radius 3 is 2.38 bits per heavy atom. The Morgan fingerprint density at radius 2 is 1.88 bits per heavy atom. The van der Waals surface area contributed by atoms with Crippen LogP contribution in [0.3, 0.4) is 0 Å². The van der Waals surface area contributed by atoms with Crippen LogP contribution in [-0.2, 0) is 23.9 Å². The van der Waals surface area contributed by atoms with Crippen molar-refractivity contribution < 1.29 is 23.9 Å². The molecular formula is C21H26O5. The van der Waals surface area contributed by atoms with Gasteiger partial charge < -0.3 is 9.47 Å². The molecule has 1 aliphatic carbocycles. The van der Waals surface area contributed by atoms with Crippen molar-refractivity contribution in [2.24, 2.45) is 0 Å². The van der Waals surface area contributed by atoms with Gasteiger partial charge in [0.2, 0.25) is 5.78 Å². The maximum Gasteiger partial charge on any atom is 0.333 e. The van der Waals surface area contributed by atoms with Crippen LogP contribution in [0.5, 0.6) is 0 Å². The predicted octanol–water partition coefficient (Wildman–Crippen LogP) is 3.78. The minimum absolute atomic E-state index is 0.00873. The molecule has 0 N–H and O–H groups in total. The van der Waals surface area contributed by atoms with Gasteiger partial charge in [0.25, 0.3) is 0 Å². The Labute approximate surface area is 154 Å². The van der Waals surface area contributed by atoms with Crippen molar-refractivity contribution in [2.45, 2.75) is 47.1 Å². The number of Topliss-reactive ketones (excluding diaryl/α,β-unsaturated/α-hetero) is 1. The highest BCUT2D eigenvalue weighted by atomic mass is 16.5. The summed E-state index contributed by atoms with van der Waals surface area (Å²) < 4.78 is 10.6. The van der Waals surface area contributed by atoms with Crippen LogP contribution in [0.1, 0.15) is 41.0 Å². The van der Waals surface area contributed by atoms with Gasteiger partial charge in [-0.05, 0) is 46.3 Å². The average Bonchev–Trinajstić information content (AvgIpc) is 2.60. The van der Waals surface area contributed by atoms with Gasteiger partial charge in [0.05, 0.1) is 7.11 Å². The van der Waals surface area contributed by atoms with E-state index in [0.29, 0.717) is 12.0 Å². The molecule has 0 saturated carbocycles. The molecule has 0 spiro atoms. The Bertz CT molecular complexity index is 755. The van der Waals surface area contributed by atoms with Crippen molar-refractivity contribution in [2.75, 3.05) is 7.11 Å². The van der Waals surface area contributed by atoms with Crippen LogP contribution in [0, 0.1) is 0 Å². The zero-order valence-corrected chi connectivity index (χ0v) is 16.3. The van der Waals surface area contributed by atoms with Gasteiger partial charge in [0.15, 0.2) is 11.5 Å². The molecule has 0 unspecified atom stereocenters. The number of ether oxygens (including phenoxy) is 2. The molecule has 0 heterocycles. The number of allylic oxidation sites excluding steroid dienone is 5. The lowest BCUT2D eigenvalue weighted by atomic mass is 9.88. The fourth-order valence-corrected chi connectivity index (χ4v) is 2.31. The number of ketones is 2. The number of hydrogen-bond acceptors (Lipinski definition) is 5. The normalized spacial score (nSPS) is 16.1. The minimum Gasteiger partial charge on any atom is -0.492 e. The highest BCUT2D eigenvalue weighted by Crippen LogP contribution is 2.28. The number of carbonyl (C=O) groups is 3. The summed E-state index contributed by atoms with van der Waals surface area (Å²) in [7, 11) is 1.34. The predicted molar refractivity (Wildman–Crippen MR) is 100 cm³/mol. The minimum atomic E-state index is -0.758. The molecule has 0 aromatic heterocycles. The summed E-state index contributed by atoms with van der Waals surface area (Å²) in [4.78, 5) is 37.0. The van der Waals surface area contributed by atoms with Crippen molar-refractivity contribution in [3.63, 3.8) is 0 Å². The molecule has 5 nitrogen and oxygen atoms in total. The highest BCUT2D eigenvalue weighted by Gasteiger charge is 2.32. The van der Waals surface area contributed by atoms with E-state index in [0.717, 1.165) is 5.57 Å². The standard InChI is InChI=1S/C21H26O5/c1-8-13(4)21(24)26-18(10-9-12(2)3)14(5)16-11-17(22)15(6)20(25-7)19(16)23/h8-9,11,18H,5,10H2,1-4,6-7H3/b13-8+/t18-/m0/s1. The maximum atomic E-state index is 12.6. The third-order valence-electron chi connectivity index (χ3n) is 4.12. The average molecular weight is 358 g/mol. The van der Waals surface area contributed by atoms with Crippen molar-refractivity contribution in [3.05, 3.63) is 58.4 Å². The molecule has 0 bridgehead atoms. The third-order valence-corrected chi connectivity index (χ3v) is 4.12. The molecule has 0 amide bonds. The van der Waals surface area contributed by atoms with Crippen LogP contribution < -0.4 is 0 Å². The monoisotopic (exact) mass is 358 g/mol. The van der Waals surface area contributed by atoms with Crippen molar-refractivity contribution in [3.8, 4) is 0 Å². The van der Waals surface area contributed by atoms with E-state index < -0.39 is 17.9 Å². The van der Waals surface area contributed by atoms with Gasteiger partial charge >= 0.3 is 5.97 Å². The summed E-state index contributed by atoms with van der Waals surface area (Å²) in [6.07, 6.45) is 4.36. The summed E-state index contributed by atoms with van der Waals surface area (Å²) in [6, 6.07) is 0. The lowest BCUT2D eigenvalue weighted by Gasteiger charge is -2.23. The number of carbonyl (C=O) groups excluding carboxylic acids is 3. The first-order chi connectivity index (χ1) is 12.1. The van der Waals surface area contributed by atoms with Gasteiger partial charge in [-0.1, -0.05) is 24.3 Å². The molecule has 5 heteroatoms. The van der Waals surface area contributed by atoms with E-state index in [2.05, 4.69) is 6.58 Å². The first kappa shape index (κ1) is 21.4. The molecule has 1 atom stereocenters. The summed E-state index contributed by atoms with van der Waals surface area (Å²) in [5.41, 5.74) is 2.12. The quantitative estimate of drug-likeness (QED) is 0.300. The number of esters is 1. The number of hydrogen-bond donors (Lipinski definition) is 0. The fraction of sp³-hybridized carbons (Fsp3) is 0.381. The van der Waals surface area contributed by atoms with Gasteiger partial charge in [-0.3, -0.25) is 9.59 Å². The van der Waals surface area contributed by atoms with Crippen LogP contribution in [0.15, 0.2) is 58.4 Å². The van der Waals surface area contributed by atoms with Crippen LogP contribution in [0.4, 0.5) is 0 Å². The first-order valence-corrected chi connectivity index (χ1v) is 8.36. The Morgan fingerprint density at radius 1 is 1.27 bits per heavy atom. The first-order valence-electron chi connectivity index (χ1n) is 8.36. The van der Waals surface area contributed by atoms with Gasteiger partial charge in [-0.25, -0.2) is 4.79 Å². The second kappa shape index (κ2) is 9.13. The molecule has 0 radical (unpaired) electrons. The molecule has 1 aliphatic rings. The molecule has 1 rings (SSSR count). The second-order valence-corrected chi connectivity index (χ2v) is 6.32. The summed E-state index contributed by atoms with van der Waals surface area (Å²) in [5.74, 6) is -1.26. The number of rotatable bonds is 7. The Kier molecular flexibility index (Phi) is 7.50. The van der Waals surface area contributed by atoms with E-state index in [1.165, 1.54) is 20.1 Å². The van der Waals surface area contributed by atoms with Crippen LogP contribution in [0.2, 0.25) is 0 Å². The van der Waals surface area contributed by atoms with Crippen LogP contribution in [0.25, 0.3) is 0 Å². The number of methoxy groups -OCH3 is 1. The van der Waals surface area contributed by atoms with E-state index in [1.54, 1.807) is 19.9 Å². The molecule has 26 heavy (non-hydrogen) atoms. The Hall–Kier alpha value is -2.69. The molecule has 0 fully saturated rings. The van der Waals surface area contributed by atoms with E-state index in [9.17, 15) is 14.4 Å². The lowest BCUT2D eigenvalue weighted by molar-refractivity contribution is -0.142. The third kappa shape index (κ3) is 4.91. The summed E-state index contributed by atoms with van der Waals surface area (Å²) >= 11 is 0. The highest BCUT2D eigenvalue weighted by molar-refractivity contribution is 6.23. The topological polar surface area (TPSA) is 69.7 Å². The summed E-state index contributed by atoms with van der Waals surface area (Å²) in [6.45, 7) is 12.7. The van der Waals surface area contributed by atoms with E-state index in [1.807, 2.05) is 19.9 Å². The molecule has 0 aromatic rings. The fourth-order valence-electron chi connectivity index (χ4n) is 2.31. The van der Waals surface area contributed by atoms with Crippen molar-refractivity contribution >= 4 is 17.5 Å². The van der Waals surface area contributed by atoms with Crippen LogP contribution >= 0.6 is 0 Å².